The molecule has 2 aromatic carbocycles. The van der Waals surface area contributed by atoms with Crippen molar-refractivity contribution >= 4 is 106 Å². The van der Waals surface area contributed by atoms with Crippen molar-refractivity contribution in [2.75, 3.05) is 92.7 Å². The van der Waals surface area contributed by atoms with E-state index in [0.29, 0.717) is 6.07 Å². The minimum Gasteiger partial charge on any atom is -0.457 e. The number of benzene rings is 2. The van der Waals surface area contributed by atoms with Crippen molar-refractivity contribution in [1.82, 2.24) is 71.2 Å². The van der Waals surface area contributed by atoms with E-state index in [1.54, 1.807) is 20.8 Å². The lowest BCUT2D eigenvalue weighted by atomic mass is 9.91. The fourth-order valence-electron chi connectivity index (χ4n) is 12.7. The Labute approximate surface area is 676 Å². The van der Waals surface area contributed by atoms with Gasteiger partial charge in [0.1, 0.15) is 65.5 Å². The Bertz CT molecular complexity index is 3910. The van der Waals surface area contributed by atoms with Gasteiger partial charge in [-0.15, -0.1) is 0 Å². The van der Waals surface area contributed by atoms with Gasteiger partial charge in [-0.25, -0.2) is 4.79 Å². The summed E-state index contributed by atoms with van der Waals surface area (Å²) in [4.78, 5) is 210. The summed E-state index contributed by atoms with van der Waals surface area (Å²) < 4.78 is 45.9. The molecule has 1 aliphatic rings. The molecule has 3 aromatic rings. The zero-order valence-electron chi connectivity index (χ0n) is 69.6. The molecule has 1 aromatic heterocycles. The number of aromatic nitrogens is 1. The van der Waals surface area contributed by atoms with Crippen molar-refractivity contribution in [3.8, 4) is 11.5 Å². The first kappa shape index (κ1) is 97.2. The molecule has 115 heavy (non-hydrogen) atoms. The second-order valence-corrected chi connectivity index (χ2v) is 31.9. The van der Waals surface area contributed by atoms with Gasteiger partial charge in [-0.1, -0.05) is 87.8 Å². The number of nitrogens with one attached hydrogen (secondary N) is 8. The number of aliphatic hydroxyl groups excluding tert-OH is 1. The van der Waals surface area contributed by atoms with E-state index in [0.717, 1.165) is 25.7 Å². The van der Waals surface area contributed by atoms with E-state index < -0.39 is 185 Å². The molecule has 4 rings (SSSR count). The maximum absolute atomic E-state index is 14.9. The van der Waals surface area contributed by atoms with Gasteiger partial charge in [0.2, 0.25) is 70.9 Å². The third-order valence-electron chi connectivity index (χ3n) is 19.6. The minimum absolute atomic E-state index is 0.0296. The van der Waals surface area contributed by atoms with E-state index >= 15 is 0 Å². The number of urea groups is 1. The van der Waals surface area contributed by atoms with Gasteiger partial charge in [0.25, 0.3) is 5.91 Å². The van der Waals surface area contributed by atoms with Crippen molar-refractivity contribution < 1.29 is 90.1 Å². The van der Waals surface area contributed by atoms with E-state index in [9.17, 15) is 85.4 Å². The van der Waals surface area contributed by atoms with Crippen molar-refractivity contribution in [3.05, 3.63) is 77.1 Å². The molecule has 15 amide bonds. The molecule has 638 valence electrons. The number of carbonyl (C=O) groups is 14. The molecule has 1 aliphatic heterocycles. The summed E-state index contributed by atoms with van der Waals surface area (Å²) in [7, 11) is 9.36. The fraction of sp³-hybridized carbons (Fsp3) is 0.608. The molecule has 1 fully saturated rings. The second kappa shape index (κ2) is 44.6. The number of nitrogens with zero attached hydrogens (tertiary/aromatic N) is 8. The summed E-state index contributed by atoms with van der Waals surface area (Å²) in [6, 6.07) is 0.485. The second-order valence-electron chi connectivity index (χ2n) is 31.5. The van der Waals surface area contributed by atoms with Crippen molar-refractivity contribution in [2.24, 2.45) is 35.5 Å². The molecule has 32 nitrogen and oxygen atoms in total. The Morgan fingerprint density at radius 1 is 0.557 bits per heavy atom. The molecule has 0 aliphatic carbocycles. The van der Waals surface area contributed by atoms with Gasteiger partial charge in [-0.3, -0.25) is 67.3 Å². The van der Waals surface area contributed by atoms with Gasteiger partial charge in [-0.2, -0.15) is 13.2 Å². The highest BCUT2D eigenvalue weighted by Crippen LogP contribution is 2.37. The molecule has 0 radical (unpaired) electrons. The molecule has 0 bridgehead atoms. The summed E-state index contributed by atoms with van der Waals surface area (Å²) in [6.07, 6.45) is -4.62. The monoisotopic (exact) mass is 1640 g/mol. The lowest BCUT2D eigenvalue weighted by molar-refractivity contribution is -0.153. The zero-order chi connectivity index (χ0) is 87.0. The molecular formula is C79H118ClF3N16O16. The molecule has 2 heterocycles. The molecule has 1 unspecified atom stereocenters. The number of amides is 15. The summed E-state index contributed by atoms with van der Waals surface area (Å²) in [6.45, 7) is 20.2. The number of aliphatic hydroxyl groups is 1. The predicted molar refractivity (Wildman–Crippen MR) is 425 cm³/mol. The average molecular weight is 1640 g/mol. The first-order valence-corrected chi connectivity index (χ1v) is 38.8. The fourth-order valence-corrected chi connectivity index (χ4v) is 12.9. The minimum atomic E-state index is -4.74. The zero-order valence-corrected chi connectivity index (χ0v) is 70.3. The van der Waals surface area contributed by atoms with Gasteiger partial charge in [-0.05, 0) is 136 Å². The molecule has 0 saturated carbocycles. The third kappa shape index (κ3) is 29.6. The lowest BCUT2D eigenvalue weighted by Gasteiger charge is -2.38. The van der Waals surface area contributed by atoms with Crippen LogP contribution in [0.4, 0.5) is 29.3 Å². The maximum atomic E-state index is 14.9. The Morgan fingerprint density at radius 2 is 1.05 bits per heavy atom. The van der Waals surface area contributed by atoms with Crippen LogP contribution in [0.2, 0.25) is 5.02 Å². The summed E-state index contributed by atoms with van der Waals surface area (Å²) in [5, 5.41) is 32.5. The topological polar surface area (TPSA) is 400 Å². The van der Waals surface area contributed by atoms with Gasteiger partial charge in [0.15, 0.2) is 0 Å². The van der Waals surface area contributed by atoms with E-state index in [-0.39, 0.29) is 110 Å². The summed E-state index contributed by atoms with van der Waals surface area (Å²) in [5.74, 6) is -11.1. The van der Waals surface area contributed by atoms with Crippen LogP contribution in [-0.2, 0) is 63.7 Å². The highest BCUT2D eigenvalue weighted by Gasteiger charge is 2.43. The number of carbonyl (C=O) groups excluding carboxylic acids is 14. The Balaban J connectivity index is 1.57. The van der Waals surface area contributed by atoms with E-state index in [1.165, 1.54) is 127 Å². The number of halogens is 4. The standard InChI is InChI=1S/C79H118ClF3N16O16/c1-43(2)34-58-72(108)92-66(47(9)10)77(113)96(17)59(35-44(3)4)71(107)88-49(12)69(105)89-50(13)74(110)97(18)61(37-46(7)8)76(112)98(19)60(36-45(5)6)75(111)94(15)42-65(103)99(20)67(73(109)87-40-63(101)93(14)41-64(102)95(58)16)68(104)48(11)22-21-23-62(100)85-32-33-86-70(106)57-39-54(30-31-84-57)115-53-27-24-51(25-28-53)90-78(114)91-52-26-29-56(80)55(38-52)79(81,82)83/h24-31,38-39,43-50,58-61,66-68,104H,21-23,32-37,40-42H2,1-20H3,(H,85,100)(H,86,106)(H,87,109)(H,88,107)(H,89,105)(H,92,108)(H2,90,91,114)/t48-,49+,50-,58+,59+,60+,61+,66?,67+,68-/m1/s1. The highest BCUT2D eigenvalue weighted by atomic mass is 35.5. The number of anilines is 2. The van der Waals surface area contributed by atoms with Crippen LogP contribution >= 0.6 is 11.6 Å². The van der Waals surface area contributed by atoms with Crippen molar-refractivity contribution in [1.29, 1.82) is 0 Å². The van der Waals surface area contributed by atoms with Crippen LogP contribution < -0.4 is 47.3 Å². The van der Waals surface area contributed by atoms with Gasteiger partial charge in [0, 0.05) is 92.5 Å². The van der Waals surface area contributed by atoms with Crippen molar-refractivity contribution in [3.63, 3.8) is 0 Å². The van der Waals surface area contributed by atoms with Crippen LogP contribution in [0, 0.1) is 35.5 Å². The number of ether oxygens (including phenoxy) is 1. The van der Waals surface area contributed by atoms with Gasteiger partial charge in [0.05, 0.1) is 36.3 Å². The van der Waals surface area contributed by atoms with Crippen LogP contribution in [0.15, 0.2) is 60.8 Å². The van der Waals surface area contributed by atoms with E-state index in [2.05, 4.69) is 47.5 Å². The number of pyridine rings is 1. The van der Waals surface area contributed by atoms with Gasteiger partial charge >= 0.3 is 12.2 Å². The maximum Gasteiger partial charge on any atom is 0.417 e. The molecule has 1 saturated heterocycles. The van der Waals surface area contributed by atoms with Crippen LogP contribution in [0.25, 0.3) is 0 Å². The van der Waals surface area contributed by atoms with Crippen LogP contribution in [0.3, 0.4) is 0 Å². The summed E-state index contributed by atoms with van der Waals surface area (Å²) in [5.41, 5.74) is -1.05. The van der Waals surface area contributed by atoms with Crippen LogP contribution in [0.1, 0.15) is 151 Å². The predicted octanol–water partition coefficient (Wildman–Crippen LogP) is 5.72. The number of hydrogen-bond donors (Lipinski definition) is 9. The Morgan fingerprint density at radius 3 is 1.63 bits per heavy atom. The normalized spacial score (nSPS) is 21.4. The summed E-state index contributed by atoms with van der Waals surface area (Å²) >= 11 is 5.68. The highest BCUT2D eigenvalue weighted by molar-refractivity contribution is 6.31. The van der Waals surface area contributed by atoms with Crippen molar-refractivity contribution in [2.45, 2.75) is 196 Å². The van der Waals surface area contributed by atoms with E-state index in [4.69, 9.17) is 16.3 Å². The molecule has 36 heteroatoms. The smallest absolute Gasteiger partial charge is 0.417 e. The number of rotatable bonds is 23. The Hall–Kier alpha value is -10.2. The lowest BCUT2D eigenvalue weighted by Crippen LogP contribution is -2.60. The number of likely N-dealkylation sites (N-methyl/N-ethyl adjacent to an activating group) is 7. The molecule has 0 spiro atoms. The number of alkyl halides is 3. The van der Waals surface area contributed by atoms with Gasteiger partial charge < -0.3 is 86.7 Å². The SMILES string of the molecule is CC(C)C[C@H]1C(=O)NC(C(C)C)C(=O)N(C)[C@@H](CC(C)C)C(=O)N[C@@H](C)C(=O)N[C@H](C)C(=O)N(C)[C@@H](CC(C)C)C(=O)N(C)[C@@H](CC(C)C)C(=O)N(C)CC(=O)N(C)[C@@H]([C@H](O)[C@H](C)CCCC(=O)NCCNC(=O)c2cc(Oc3ccc(NC(=O)Nc4ccc(Cl)c(C(F)(F)F)c4)cc3)ccn2)C(=O)NCC(=O)N(C)CC(=O)N1C. The van der Waals surface area contributed by atoms with E-state index in [1.807, 2.05) is 55.4 Å². The van der Waals surface area contributed by atoms with Crippen LogP contribution in [-0.4, -0.2) is 264 Å². The first-order valence-electron chi connectivity index (χ1n) is 38.5. The number of hydrogen-bond acceptors (Lipinski definition) is 17. The average Bonchev–Trinajstić information content (AvgIpc) is 0.847. The quantitative estimate of drug-likeness (QED) is 0.0513. The first-order chi connectivity index (χ1) is 53.6. The molecule has 10 atom stereocenters. The van der Waals surface area contributed by atoms with Crippen LogP contribution in [0.5, 0.6) is 11.5 Å². The Kier molecular flexibility index (Phi) is 37.7. The largest absolute Gasteiger partial charge is 0.457 e. The third-order valence-corrected chi connectivity index (χ3v) is 19.9. The molecule has 9 N–H and O–H groups in total. The molecular weight excluding hydrogens is 1520 g/mol.